The second-order valence-electron chi connectivity index (χ2n) is 7.54. The molecule has 0 N–H and O–H groups in total. The molecule has 2 saturated carbocycles. The predicted octanol–water partition coefficient (Wildman–Crippen LogP) is 4.41. The van der Waals surface area contributed by atoms with E-state index in [4.69, 9.17) is 4.74 Å². The maximum Gasteiger partial charge on any atom is 0.310 e. The van der Waals surface area contributed by atoms with Gasteiger partial charge in [-0.25, -0.2) is 0 Å². The fraction of sp³-hybridized carbons (Fsp3) is 0.737. The molecule has 4 atom stereocenters. The zero-order valence-corrected chi connectivity index (χ0v) is 12.8. The van der Waals surface area contributed by atoms with Crippen molar-refractivity contribution in [2.45, 2.75) is 63.4 Å². The summed E-state index contributed by atoms with van der Waals surface area (Å²) >= 11 is 0. The van der Waals surface area contributed by atoms with Gasteiger partial charge < -0.3 is 4.74 Å². The van der Waals surface area contributed by atoms with Gasteiger partial charge in [0, 0.05) is 5.92 Å². The van der Waals surface area contributed by atoms with Crippen LogP contribution in [0.3, 0.4) is 0 Å². The Balaban J connectivity index is 1.48. The van der Waals surface area contributed by atoms with E-state index in [0.29, 0.717) is 17.8 Å². The maximum absolute atomic E-state index is 12.7. The lowest BCUT2D eigenvalue weighted by molar-refractivity contribution is -0.167. The van der Waals surface area contributed by atoms with Crippen LogP contribution in [0.15, 0.2) is 24.3 Å². The van der Waals surface area contributed by atoms with Crippen molar-refractivity contribution in [2.75, 3.05) is 0 Å². The molecule has 21 heavy (non-hydrogen) atoms. The molecule has 0 aromatic heterocycles. The largest absolute Gasteiger partial charge is 0.454 e. The second kappa shape index (κ2) is 5.30. The first-order chi connectivity index (χ1) is 10.3. The van der Waals surface area contributed by atoms with E-state index in [1.165, 1.54) is 38.5 Å². The molecule has 0 radical (unpaired) electrons. The third kappa shape index (κ3) is 2.37. The van der Waals surface area contributed by atoms with E-state index in [2.05, 4.69) is 24.3 Å². The molecular weight excluding hydrogens is 260 g/mol. The average Bonchev–Trinajstić information content (AvgIpc) is 3.25. The van der Waals surface area contributed by atoms with Crippen LogP contribution in [-0.4, -0.2) is 11.6 Å². The molecule has 2 fully saturated rings. The lowest BCUT2D eigenvalue weighted by Crippen LogP contribution is -2.42. The number of ether oxygens (including phenoxy) is 1. The fourth-order valence-corrected chi connectivity index (χ4v) is 5.09. The number of carbonyl (C=O) groups excluding carboxylic acids is 1. The molecule has 0 heterocycles. The lowest BCUT2D eigenvalue weighted by Gasteiger charge is -2.39. The van der Waals surface area contributed by atoms with E-state index in [-0.39, 0.29) is 17.5 Å². The standard InChI is InChI=1S/C19H26O2/c20-18(17-13-14-8-9-15(17)12-14)21-19(10-4-5-11-19)16-6-2-1-3-7-16/h4,8-10,14-17H,1-3,5-7,11-13H2. The fourth-order valence-electron chi connectivity index (χ4n) is 5.09. The van der Waals surface area contributed by atoms with E-state index in [1.807, 2.05) is 0 Å². The van der Waals surface area contributed by atoms with Gasteiger partial charge in [-0.05, 0) is 56.4 Å². The minimum absolute atomic E-state index is 0.0870. The van der Waals surface area contributed by atoms with Gasteiger partial charge in [0.15, 0.2) is 0 Å². The van der Waals surface area contributed by atoms with Crippen LogP contribution in [0.2, 0.25) is 0 Å². The van der Waals surface area contributed by atoms with Crippen LogP contribution in [-0.2, 0) is 9.53 Å². The number of hydrogen-bond donors (Lipinski definition) is 0. The van der Waals surface area contributed by atoms with E-state index >= 15 is 0 Å². The summed E-state index contributed by atoms with van der Waals surface area (Å²) in [4.78, 5) is 12.7. The molecule has 2 heteroatoms. The molecule has 0 aromatic carbocycles. The summed E-state index contributed by atoms with van der Waals surface area (Å²) in [6.07, 6.45) is 19.7. The van der Waals surface area contributed by atoms with Crippen LogP contribution in [0, 0.1) is 23.7 Å². The van der Waals surface area contributed by atoms with Crippen molar-refractivity contribution in [2.24, 2.45) is 23.7 Å². The third-order valence-corrected chi connectivity index (χ3v) is 6.27. The highest BCUT2D eigenvalue weighted by Crippen LogP contribution is 2.47. The Bertz CT molecular complexity index is 472. The van der Waals surface area contributed by atoms with Gasteiger partial charge in [0.05, 0.1) is 5.92 Å². The first-order valence-electron chi connectivity index (χ1n) is 8.86. The monoisotopic (exact) mass is 286 g/mol. The molecule has 0 amide bonds. The molecule has 2 bridgehead atoms. The minimum atomic E-state index is -0.261. The number of rotatable bonds is 3. The van der Waals surface area contributed by atoms with Crippen molar-refractivity contribution >= 4 is 5.97 Å². The zero-order chi connectivity index (χ0) is 14.3. The molecule has 0 aliphatic heterocycles. The molecule has 0 aromatic rings. The third-order valence-electron chi connectivity index (χ3n) is 6.27. The Morgan fingerprint density at radius 1 is 1.10 bits per heavy atom. The maximum atomic E-state index is 12.7. The van der Waals surface area contributed by atoms with E-state index in [1.54, 1.807) is 0 Å². The number of fused-ring (bicyclic) bond motifs is 2. The molecule has 114 valence electrons. The number of carbonyl (C=O) groups is 1. The van der Waals surface area contributed by atoms with Gasteiger partial charge in [-0.15, -0.1) is 0 Å². The smallest absolute Gasteiger partial charge is 0.310 e. The summed E-state index contributed by atoms with van der Waals surface area (Å²) in [5, 5.41) is 0. The van der Waals surface area contributed by atoms with Crippen molar-refractivity contribution < 1.29 is 9.53 Å². The average molecular weight is 286 g/mol. The topological polar surface area (TPSA) is 26.3 Å². The van der Waals surface area contributed by atoms with Crippen molar-refractivity contribution in [1.29, 1.82) is 0 Å². The normalized spacial score (nSPS) is 41.8. The molecule has 0 spiro atoms. The van der Waals surface area contributed by atoms with Crippen molar-refractivity contribution in [3.63, 3.8) is 0 Å². The van der Waals surface area contributed by atoms with Crippen molar-refractivity contribution in [1.82, 2.24) is 0 Å². The summed E-state index contributed by atoms with van der Waals surface area (Å²) in [5.41, 5.74) is -0.261. The van der Waals surface area contributed by atoms with Crippen LogP contribution in [0.5, 0.6) is 0 Å². The van der Waals surface area contributed by atoms with Crippen LogP contribution in [0.1, 0.15) is 57.8 Å². The lowest BCUT2D eigenvalue weighted by atomic mass is 9.76. The molecule has 4 aliphatic rings. The Labute approximate surface area is 127 Å². The van der Waals surface area contributed by atoms with Gasteiger partial charge in [0.1, 0.15) is 5.60 Å². The Morgan fingerprint density at radius 3 is 2.57 bits per heavy atom. The summed E-state index contributed by atoms with van der Waals surface area (Å²) in [5.74, 6) is 1.87. The Kier molecular flexibility index (Phi) is 3.43. The SMILES string of the molecule is O=C(OC1(C2CCCCC2)C=CCC1)C1CC2C=CC1C2. The molecule has 2 nitrogen and oxygen atoms in total. The minimum Gasteiger partial charge on any atom is -0.454 e. The summed E-state index contributed by atoms with van der Waals surface area (Å²) in [6, 6.07) is 0. The van der Waals surface area contributed by atoms with Crippen LogP contribution < -0.4 is 0 Å². The second-order valence-corrected chi connectivity index (χ2v) is 7.54. The van der Waals surface area contributed by atoms with Crippen LogP contribution in [0.25, 0.3) is 0 Å². The van der Waals surface area contributed by atoms with E-state index in [0.717, 1.165) is 19.3 Å². The zero-order valence-electron chi connectivity index (χ0n) is 12.8. The molecule has 0 saturated heterocycles. The van der Waals surface area contributed by atoms with Gasteiger partial charge in [0.25, 0.3) is 0 Å². The number of hydrogen-bond acceptors (Lipinski definition) is 2. The summed E-state index contributed by atoms with van der Waals surface area (Å²) in [7, 11) is 0. The van der Waals surface area contributed by atoms with E-state index < -0.39 is 0 Å². The van der Waals surface area contributed by atoms with Crippen molar-refractivity contribution in [3.05, 3.63) is 24.3 Å². The van der Waals surface area contributed by atoms with E-state index in [9.17, 15) is 4.79 Å². The quantitative estimate of drug-likeness (QED) is 0.567. The highest BCUT2D eigenvalue weighted by atomic mass is 16.6. The molecule has 4 unspecified atom stereocenters. The summed E-state index contributed by atoms with van der Waals surface area (Å²) in [6.45, 7) is 0. The highest BCUT2D eigenvalue weighted by molar-refractivity contribution is 5.75. The highest BCUT2D eigenvalue weighted by Gasteiger charge is 2.46. The van der Waals surface area contributed by atoms with Gasteiger partial charge in [0.2, 0.25) is 0 Å². The Hall–Kier alpha value is -1.05. The predicted molar refractivity (Wildman–Crippen MR) is 82.6 cm³/mol. The number of esters is 1. The Morgan fingerprint density at radius 2 is 1.95 bits per heavy atom. The first-order valence-corrected chi connectivity index (χ1v) is 8.86. The van der Waals surface area contributed by atoms with Crippen molar-refractivity contribution in [3.8, 4) is 0 Å². The summed E-state index contributed by atoms with van der Waals surface area (Å²) < 4.78 is 6.22. The first kappa shape index (κ1) is 13.6. The van der Waals surface area contributed by atoms with Gasteiger partial charge in [-0.1, -0.05) is 37.5 Å². The number of allylic oxidation sites excluding steroid dienone is 3. The van der Waals surface area contributed by atoms with Crippen LogP contribution >= 0.6 is 0 Å². The molecular formula is C19H26O2. The van der Waals surface area contributed by atoms with Crippen LogP contribution in [0.4, 0.5) is 0 Å². The molecule has 4 rings (SSSR count). The van der Waals surface area contributed by atoms with Gasteiger partial charge in [-0.3, -0.25) is 4.79 Å². The van der Waals surface area contributed by atoms with Gasteiger partial charge in [-0.2, -0.15) is 0 Å². The molecule has 4 aliphatic carbocycles. The van der Waals surface area contributed by atoms with Gasteiger partial charge >= 0.3 is 5.97 Å².